The molecule has 1 fully saturated rings. The lowest BCUT2D eigenvalue weighted by atomic mass is 10.1. The molecule has 3 rings (SSSR count). The van der Waals surface area contributed by atoms with Crippen molar-refractivity contribution in [1.29, 1.82) is 0 Å². The first-order chi connectivity index (χ1) is 13.1. The van der Waals surface area contributed by atoms with Crippen molar-refractivity contribution in [2.75, 3.05) is 27.3 Å². The predicted molar refractivity (Wildman–Crippen MR) is 102 cm³/mol. The second-order valence-corrected chi connectivity index (χ2v) is 6.61. The van der Waals surface area contributed by atoms with Crippen LogP contribution in [-0.2, 0) is 11.3 Å². The van der Waals surface area contributed by atoms with Crippen molar-refractivity contribution in [3.63, 3.8) is 0 Å². The average molecular weight is 368 g/mol. The van der Waals surface area contributed by atoms with E-state index in [9.17, 15) is 9.59 Å². The van der Waals surface area contributed by atoms with E-state index in [1.807, 2.05) is 35.2 Å². The molecule has 0 aromatic heterocycles. The van der Waals surface area contributed by atoms with E-state index in [4.69, 9.17) is 9.47 Å². The Bertz CT molecular complexity index is 807. The third-order valence-corrected chi connectivity index (χ3v) is 4.72. The molecule has 1 heterocycles. The molecule has 1 aliphatic heterocycles. The summed E-state index contributed by atoms with van der Waals surface area (Å²) in [5.74, 6) is 1.10. The molecule has 0 bridgehead atoms. The average Bonchev–Trinajstić information content (AvgIpc) is 3.05. The van der Waals surface area contributed by atoms with Gasteiger partial charge in [-0.05, 0) is 17.7 Å². The Labute approximate surface area is 159 Å². The molecule has 0 radical (unpaired) electrons. The van der Waals surface area contributed by atoms with Gasteiger partial charge in [0.1, 0.15) is 11.5 Å². The zero-order valence-electron chi connectivity index (χ0n) is 15.6. The molecular formula is C21H24N2O4. The molecule has 6 heteroatoms. The number of ether oxygens (including phenoxy) is 2. The first kappa shape index (κ1) is 18.8. The summed E-state index contributed by atoms with van der Waals surface area (Å²) in [4.78, 5) is 26.6. The van der Waals surface area contributed by atoms with E-state index in [0.29, 0.717) is 43.1 Å². The SMILES string of the molecule is COc1ccc(C(=O)NCC2CC(=O)N(Cc3ccccc3)C2)c(OC)c1. The Morgan fingerprint density at radius 3 is 2.63 bits per heavy atom. The van der Waals surface area contributed by atoms with Gasteiger partial charge in [-0.15, -0.1) is 0 Å². The Morgan fingerprint density at radius 2 is 1.93 bits per heavy atom. The van der Waals surface area contributed by atoms with E-state index in [-0.39, 0.29) is 17.7 Å². The third kappa shape index (κ3) is 4.58. The van der Waals surface area contributed by atoms with Gasteiger partial charge < -0.3 is 19.7 Å². The Kier molecular flexibility index (Phi) is 5.96. The summed E-state index contributed by atoms with van der Waals surface area (Å²) < 4.78 is 10.4. The molecule has 0 aliphatic carbocycles. The number of hydrogen-bond acceptors (Lipinski definition) is 4. The Balaban J connectivity index is 1.56. The van der Waals surface area contributed by atoms with Gasteiger partial charge in [0, 0.05) is 38.0 Å². The molecule has 1 unspecified atom stereocenters. The fourth-order valence-electron chi connectivity index (χ4n) is 3.27. The second kappa shape index (κ2) is 8.58. The van der Waals surface area contributed by atoms with E-state index >= 15 is 0 Å². The van der Waals surface area contributed by atoms with Crippen LogP contribution in [0.2, 0.25) is 0 Å². The fraction of sp³-hybridized carbons (Fsp3) is 0.333. The summed E-state index contributed by atoms with van der Waals surface area (Å²) in [6.45, 7) is 1.70. The number of carbonyl (C=O) groups excluding carboxylic acids is 2. The minimum absolute atomic E-state index is 0.106. The van der Waals surface area contributed by atoms with Crippen LogP contribution >= 0.6 is 0 Å². The van der Waals surface area contributed by atoms with Crippen LogP contribution in [0.3, 0.4) is 0 Å². The van der Waals surface area contributed by atoms with Gasteiger partial charge in [0.25, 0.3) is 5.91 Å². The van der Waals surface area contributed by atoms with Crippen molar-refractivity contribution in [2.24, 2.45) is 5.92 Å². The summed E-state index contributed by atoms with van der Waals surface area (Å²) in [7, 11) is 3.08. The number of nitrogens with one attached hydrogen (secondary N) is 1. The van der Waals surface area contributed by atoms with Crippen LogP contribution in [-0.4, -0.2) is 44.0 Å². The molecule has 27 heavy (non-hydrogen) atoms. The topological polar surface area (TPSA) is 67.9 Å². The van der Waals surface area contributed by atoms with E-state index in [0.717, 1.165) is 5.56 Å². The van der Waals surface area contributed by atoms with Gasteiger partial charge in [-0.3, -0.25) is 9.59 Å². The van der Waals surface area contributed by atoms with Crippen LogP contribution < -0.4 is 14.8 Å². The number of likely N-dealkylation sites (tertiary alicyclic amines) is 1. The number of hydrogen-bond donors (Lipinski definition) is 1. The first-order valence-corrected chi connectivity index (χ1v) is 8.92. The maximum atomic E-state index is 12.5. The molecule has 1 saturated heterocycles. The molecule has 2 aromatic carbocycles. The van der Waals surface area contributed by atoms with Crippen LogP contribution in [0.1, 0.15) is 22.3 Å². The van der Waals surface area contributed by atoms with E-state index < -0.39 is 0 Å². The van der Waals surface area contributed by atoms with Crippen LogP contribution in [0.15, 0.2) is 48.5 Å². The van der Waals surface area contributed by atoms with Crippen molar-refractivity contribution in [2.45, 2.75) is 13.0 Å². The first-order valence-electron chi connectivity index (χ1n) is 8.92. The lowest BCUT2D eigenvalue weighted by Gasteiger charge is -2.17. The fourth-order valence-corrected chi connectivity index (χ4v) is 3.27. The van der Waals surface area contributed by atoms with E-state index in [2.05, 4.69) is 5.32 Å². The smallest absolute Gasteiger partial charge is 0.255 e. The van der Waals surface area contributed by atoms with Gasteiger partial charge >= 0.3 is 0 Å². The number of rotatable bonds is 7. The molecular weight excluding hydrogens is 344 g/mol. The van der Waals surface area contributed by atoms with Crippen LogP contribution in [0, 0.1) is 5.92 Å². The van der Waals surface area contributed by atoms with Crippen molar-refractivity contribution in [1.82, 2.24) is 10.2 Å². The predicted octanol–water partition coefficient (Wildman–Crippen LogP) is 2.48. The minimum Gasteiger partial charge on any atom is -0.497 e. The van der Waals surface area contributed by atoms with Crippen molar-refractivity contribution >= 4 is 11.8 Å². The highest BCUT2D eigenvalue weighted by molar-refractivity contribution is 5.97. The zero-order valence-corrected chi connectivity index (χ0v) is 15.6. The van der Waals surface area contributed by atoms with Crippen molar-refractivity contribution in [3.8, 4) is 11.5 Å². The normalized spacial score (nSPS) is 16.3. The third-order valence-electron chi connectivity index (χ3n) is 4.72. The maximum Gasteiger partial charge on any atom is 0.255 e. The Morgan fingerprint density at radius 1 is 1.15 bits per heavy atom. The lowest BCUT2D eigenvalue weighted by molar-refractivity contribution is -0.128. The molecule has 142 valence electrons. The van der Waals surface area contributed by atoms with Crippen LogP contribution in [0.4, 0.5) is 0 Å². The number of benzene rings is 2. The molecule has 0 saturated carbocycles. The molecule has 1 atom stereocenters. The highest BCUT2D eigenvalue weighted by Gasteiger charge is 2.29. The highest BCUT2D eigenvalue weighted by Crippen LogP contribution is 2.25. The van der Waals surface area contributed by atoms with Crippen molar-refractivity contribution < 1.29 is 19.1 Å². The minimum atomic E-state index is -0.219. The quantitative estimate of drug-likeness (QED) is 0.815. The standard InChI is InChI=1S/C21H24N2O4/c1-26-17-8-9-18(19(11-17)27-2)21(25)22-12-16-10-20(24)23(14-16)13-15-6-4-3-5-7-15/h3-9,11,16H,10,12-14H2,1-2H3,(H,22,25). The van der Waals surface area contributed by atoms with E-state index in [1.54, 1.807) is 25.3 Å². The summed E-state index contributed by atoms with van der Waals surface area (Å²) in [6, 6.07) is 15.0. The van der Waals surface area contributed by atoms with E-state index in [1.165, 1.54) is 7.11 Å². The highest BCUT2D eigenvalue weighted by atomic mass is 16.5. The largest absolute Gasteiger partial charge is 0.497 e. The monoisotopic (exact) mass is 368 g/mol. The number of carbonyl (C=O) groups is 2. The molecule has 2 aromatic rings. The summed E-state index contributed by atoms with van der Waals surface area (Å²) in [5.41, 5.74) is 1.56. The number of nitrogens with zero attached hydrogens (tertiary/aromatic N) is 1. The van der Waals surface area contributed by atoms with Gasteiger partial charge in [-0.25, -0.2) is 0 Å². The molecule has 0 spiro atoms. The van der Waals surface area contributed by atoms with Gasteiger partial charge in [-0.1, -0.05) is 30.3 Å². The van der Waals surface area contributed by atoms with Gasteiger partial charge in [0.15, 0.2) is 0 Å². The summed E-state index contributed by atoms with van der Waals surface area (Å²) in [6.07, 6.45) is 0.451. The Hall–Kier alpha value is -3.02. The molecule has 1 aliphatic rings. The van der Waals surface area contributed by atoms with Crippen molar-refractivity contribution in [3.05, 3.63) is 59.7 Å². The molecule has 6 nitrogen and oxygen atoms in total. The zero-order chi connectivity index (χ0) is 19.2. The van der Waals surface area contributed by atoms with Gasteiger partial charge in [0.05, 0.1) is 19.8 Å². The van der Waals surface area contributed by atoms with Gasteiger partial charge in [-0.2, -0.15) is 0 Å². The lowest BCUT2D eigenvalue weighted by Crippen LogP contribution is -2.31. The van der Waals surface area contributed by atoms with Crippen LogP contribution in [0.25, 0.3) is 0 Å². The number of methoxy groups -OCH3 is 2. The summed E-state index contributed by atoms with van der Waals surface area (Å²) >= 11 is 0. The second-order valence-electron chi connectivity index (χ2n) is 6.61. The molecule has 1 N–H and O–H groups in total. The maximum absolute atomic E-state index is 12.5. The van der Waals surface area contributed by atoms with Crippen LogP contribution in [0.5, 0.6) is 11.5 Å². The number of amides is 2. The molecule has 2 amide bonds. The summed E-state index contributed by atoms with van der Waals surface area (Å²) in [5, 5.41) is 2.92. The van der Waals surface area contributed by atoms with Gasteiger partial charge in [0.2, 0.25) is 5.91 Å².